The fourth-order valence-corrected chi connectivity index (χ4v) is 2.10. The highest BCUT2D eigenvalue weighted by molar-refractivity contribution is 4.93. The van der Waals surface area contributed by atoms with Gasteiger partial charge in [0.05, 0.1) is 5.60 Å². The number of aliphatic hydroxyl groups is 1. The lowest BCUT2D eigenvalue weighted by Gasteiger charge is -2.17. The lowest BCUT2D eigenvalue weighted by atomic mass is 10.1. The average Bonchev–Trinajstić information content (AvgIpc) is 2.92. The van der Waals surface area contributed by atoms with Crippen molar-refractivity contribution < 1.29 is 5.11 Å². The lowest BCUT2D eigenvalue weighted by molar-refractivity contribution is 0.138. The molecule has 0 amide bonds. The molecule has 82 valence electrons. The SMILES string of the molecule is OC1(CCNC2CCCCNC2)CC1. The van der Waals surface area contributed by atoms with E-state index in [-0.39, 0.29) is 5.60 Å². The molecule has 0 bridgehead atoms. The average molecular weight is 198 g/mol. The molecule has 14 heavy (non-hydrogen) atoms. The van der Waals surface area contributed by atoms with Crippen LogP contribution < -0.4 is 10.6 Å². The molecule has 3 N–H and O–H groups in total. The molecule has 1 unspecified atom stereocenters. The summed E-state index contributed by atoms with van der Waals surface area (Å²) in [6.45, 7) is 3.24. The van der Waals surface area contributed by atoms with Crippen molar-refractivity contribution in [2.24, 2.45) is 0 Å². The molecule has 3 nitrogen and oxygen atoms in total. The number of rotatable bonds is 4. The fourth-order valence-electron chi connectivity index (χ4n) is 2.10. The van der Waals surface area contributed by atoms with Crippen molar-refractivity contribution in [3.8, 4) is 0 Å². The largest absolute Gasteiger partial charge is 0.390 e. The summed E-state index contributed by atoms with van der Waals surface area (Å²) in [6.07, 6.45) is 6.88. The van der Waals surface area contributed by atoms with Crippen LogP contribution in [0.1, 0.15) is 38.5 Å². The van der Waals surface area contributed by atoms with Crippen LogP contribution >= 0.6 is 0 Å². The predicted octanol–water partition coefficient (Wildman–Crippen LogP) is 0.633. The van der Waals surface area contributed by atoms with Crippen molar-refractivity contribution >= 4 is 0 Å². The molecule has 1 saturated carbocycles. The van der Waals surface area contributed by atoms with Crippen molar-refractivity contribution in [3.63, 3.8) is 0 Å². The first-order valence-corrected chi connectivity index (χ1v) is 5.95. The van der Waals surface area contributed by atoms with Gasteiger partial charge in [-0.2, -0.15) is 0 Å². The topological polar surface area (TPSA) is 44.3 Å². The van der Waals surface area contributed by atoms with Gasteiger partial charge < -0.3 is 15.7 Å². The highest BCUT2D eigenvalue weighted by Crippen LogP contribution is 2.37. The molecule has 1 aliphatic heterocycles. The van der Waals surface area contributed by atoms with E-state index in [1.54, 1.807) is 0 Å². The summed E-state index contributed by atoms with van der Waals surface area (Å²) in [5.74, 6) is 0. The monoisotopic (exact) mass is 198 g/mol. The maximum Gasteiger partial charge on any atom is 0.0662 e. The Balaban J connectivity index is 1.59. The van der Waals surface area contributed by atoms with Crippen molar-refractivity contribution in [3.05, 3.63) is 0 Å². The summed E-state index contributed by atoms with van der Waals surface area (Å²) < 4.78 is 0. The van der Waals surface area contributed by atoms with Gasteiger partial charge in [-0.3, -0.25) is 0 Å². The van der Waals surface area contributed by atoms with Crippen LogP contribution in [0.5, 0.6) is 0 Å². The summed E-state index contributed by atoms with van der Waals surface area (Å²) in [4.78, 5) is 0. The zero-order valence-electron chi connectivity index (χ0n) is 8.89. The number of hydrogen-bond donors (Lipinski definition) is 3. The van der Waals surface area contributed by atoms with Crippen LogP contribution in [-0.4, -0.2) is 36.4 Å². The molecule has 3 heteroatoms. The maximum atomic E-state index is 9.66. The van der Waals surface area contributed by atoms with Gasteiger partial charge in [0.25, 0.3) is 0 Å². The van der Waals surface area contributed by atoms with E-state index in [0.29, 0.717) is 6.04 Å². The summed E-state index contributed by atoms with van der Waals surface area (Å²) in [7, 11) is 0. The molecule has 0 aromatic rings. The van der Waals surface area contributed by atoms with Crippen LogP contribution in [0.3, 0.4) is 0 Å². The highest BCUT2D eigenvalue weighted by atomic mass is 16.3. The molecule has 2 aliphatic rings. The van der Waals surface area contributed by atoms with Gasteiger partial charge in [-0.05, 0) is 45.2 Å². The summed E-state index contributed by atoms with van der Waals surface area (Å²) in [5, 5.41) is 16.6. The van der Waals surface area contributed by atoms with Gasteiger partial charge in [0, 0.05) is 12.6 Å². The standard InChI is InChI=1S/C11H22N2O/c14-11(4-5-11)6-8-13-10-3-1-2-7-12-9-10/h10,12-14H,1-9H2. The third kappa shape index (κ3) is 3.23. The first kappa shape index (κ1) is 10.4. The van der Waals surface area contributed by atoms with Crippen LogP contribution in [0.25, 0.3) is 0 Å². The second kappa shape index (κ2) is 4.60. The number of hydrogen-bond acceptors (Lipinski definition) is 3. The van der Waals surface area contributed by atoms with Gasteiger partial charge in [0.1, 0.15) is 0 Å². The Labute approximate surface area is 86.3 Å². The normalized spacial score (nSPS) is 31.1. The Morgan fingerprint density at radius 2 is 2.21 bits per heavy atom. The second-order valence-corrected chi connectivity index (χ2v) is 4.83. The summed E-state index contributed by atoms with van der Waals surface area (Å²) >= 11 is 0. The molecule has 0 aromatic carbocycles. The molecule has 0 radical (unpaired) electrons. The Kier molecular flexibility index (Phi) is 3.42. The first-order chi connectivity index (χ1) is 6.79. The van der Waals surface area contributed by atoms with E-state index in [9.17, 15) is 5.11 Å². The molecule has 0 aromatic heterocycles. The molecule has 1 saturated heterocycles. The lowest BCUT2D eigenvalue weighted by Crippen LogP contribution is -2.38. The minimum absolute atomic E-state index is 0.287. The van der Waals surface area contributed by atoms with E-state index in [1.807, 2.05) is 0 Å². The molecule has 1 heterocycles. The van der Waals surface area contributed by atoms with Gasteiger partial charge >= 0.3 is 0 Å². The second-order valence-electron chi connectivity index (χ2n) is 4.83. The van der Waals surface area contributed by atoms with E-state index in [1.165, 1.54) is 25.8 Å². The Morgan fingerprint density at radius 1 is 1.36 bits per heavy atom. The third-order valence-electron chi connectivity index (χ3n) is 3.40. The minimum Gasteiger partial charge on any atom is -0.390 e. The van der Waals surface area contributed by atoms with Crippen LogP contribution in [0.4, 0.5) is 0 Å². The van der Waals surface area contributed by atoms with Crippen molar-refractivity contribution in [2.75, 3.05) is 19.6 Å². The van der Waals surface area contributed by atoms with Crippen molar-refractivity contribution in [1.29, 1.82) is 0 Å². The van der Waals surface area contributed by atoms with E-state index in [2.05, 4.69) is 10.6 Å². The Morgan fingerprint density at radius 3 is 3.00 bits per heavy atom. The van der Waals surface area contributed by atoms with E-state index in [0.717, 1.165) is 32.4 Å². The number of nitrogens with one attached hydrogen (secondary N) is 2. The fraction of sp³-hybridized carbons (Fsp3) is 1.00. The minimum atomic E-state index is -0.287. The molecule has 1 atom stereocenters. The zero-order chi connectivity index (χ0) is 9.86. The summed E-state index contributed by atoms with van der Waals surface area (Å²) in [6, 6.07) is 0.625. The quantitative estimate of drug-likeness (QED) is 0.621. The molecular formula is C11H22N2O. The van der Waals surface area contributed by atoms with E-state index >= 15 is 0 Å². The van der Waals surface area contributed by atoms with Gasteiger partial charge in [-0.1, -0.05) is 6.42 Å². The highest BCUT2D eigenvalue weighted by Gasteiger charge is 2.39. The maximum absolute atomic E-state index is 9.66. The van der Waals surface area contributed by atoms with Gasteiger partial charge in [-0.25, -0.2) is 0 Å². The van der Waals surface area contributed by atoms with Gasteiger partial charge in [0.15, 0.2) is 0 Å². The van der Waals surface area contributed by atoms with Crippen molar-refractivity contribution in [2.45, 2.75) is 50.2 Å². The smallest absolute Gasteiger partial charge is 0.0662 e. The Bertz CT molecular complexity index is 172. The van der Waals surface area contributed by atoms with Crippen molar-refractivity contribution in [1.82, 2.24) is 10.6 Å². The predicted molar refractivity (Wildman–Crippen MR) is 57.3 cm³/mol. The van der Waals surface area contributed by atoms with Gasteiger partial charge in [0.2, 0.25) is 0 Å². The molecular weight excluding hydrogens is 176 g/mol. The first-order valence-electron chi connectivity index (χ1n) is 5.95. The van der Waals surface area contributed by atoms with E-state index in [4.69, 9.17) is 0 Å². The molecule has 1 aliphatic carbocycles. The van der Waals surface area contributed by atoms with Crippen LogP contribution in [0, 0.1) is 0 Å². The molecule has 0 spiro atoms. The Hall–Kier alpha value is -0.120. The zero-order valence-corrected chi connectivity index (χ0v) is 8.89. The molecule has 2 fully saturated rings. The summed E-state index contributed by atoms with van der Waals surface area (Å²) in [5.41, 5.74) is -0.287. The van der Waals surface area contributed by atoms with Crippen LogP contribution in [0.15, 0.2) is 0 Å². The van der Waals surface area contributed by atoms with E-state index < -0.39 is 0 Å². The molecule has 2 rings (SSSR count). The van der Waals surface area contributed by atoms with Gasteiger partial charge in [-0.15, -0.1) is 0 Å². The van der Waals surface area contributed by atoms with Crippen LogP contribution in [-0.2, 0) is 0 Å². The third-order valence-corrected chi connectivity index (χ3v) is 3.40. The van der Waals surface area contributed by atoms with Crippen LogP contribution in [0.2, 0.25) is 0 Å².